The quantitative estimate of drug-likeness (QED) is 0.169. The van der Waals surface area contributed by atoms with Gasteiger partial charge in [0.25, 0.3) is 22.2 Å². The van der Waals surface area contributed by atoms with E-state index in [1.807, 2.05) is 92.7 Å². The summed E-state index contributed by atoms with van der Waals surface area (Å²) in [4.78, 5) is 53.0. The van der Waals surface area contributed by atoms with Gasteiger partial charge in [0.2, 0.25) is 0 Å². The van der Waals surface area contributed by atoms with E-state index in [2.05, 4.69) is 6.07 Å². The Morgan fingerprint density at radius 1 is 0.560 bits per heavy atom. The van der Waals surface area contributed by atoms with E-state index in [9.17, 15) is 19.2 Å². The largest absolute Gasteiger partial charge is 0.497 e. The van der Waals surface area contributed by atoms with Crippen LogP contribution in [0.2, 0.25) is 0 Å². The van der Waals surface area contributed by atoms with Crippen molar-refractivity contribution in [2.45, 2.75) is 27.1 Å². The fourth-order valence-electron chi connectivity index (χ4n) is 6.04. The maximum Gasteiger partial charge on any atom is 0.265 e. The molecule has 8 nitrogen and oxygen atoms in total. The summed E-state index contributed by atoms with van der Waals surface area (Å²) < 4.78 is 14.4. The molecule has 0 unspecified atom stereocenters. The third kappa shape index (κ3) is 7.26. The summed E-state index contributed by atoms with van der Waals surface area (Å²) in [5.41, 5.74) is 2.80. The average Bonchev–Trinajstić information content (AvgIpc) is 3.48. The van der Waals surface area contributed by atoms with E-state index < -0.39 is 22.2 Å². The first-order valence-corrected chi connectivity index (χ1v) is 15.5. The monoisotopic (exact) mass is 813 g/mol. The Hall–Kier alpha value is -3.94. The van der Waals surface area contributed by atoms with Crippen LogP contribution in [0, 0.1) is 12.8 Å². The van der Waals surface area contributed by atoms with Crippen molar-refractivity contribution < 1.29 is 74.9 Å². The van der Waals surface area contributed by atoms with Crippen LogP contribution in [0.25, 0.3) is 27.2 Å². The zero-order valence-electron chi connectivity index (χ0n) is 27.8. The van der Waals surface area contributed by atoms with E-state index in [4.69, 9.17) is 9.47 Å². The van der Waals surface area contributed by atoms with Crippen molar-refractivity contribution in [3.63, 3.8) is 0 Å². The molecule has 0 atom stereocenters. The number of rotatable bonds is 9. The predicted molar refractivity (Wildman–Crippen MR) is 187 cm³/mol. The van der Waals surface area contributed by atoms with Crippen LogP contribution in [0.3, 0.4) is 0 Å². The number of aryl methyl sites for hydroxylation is 1. The Kier molecular flexibility index (Phi) is 11.6. The molecule has 10 heteroatoms. The van der Waals surface area contributed by atoms with E-state index in [-0.39, 0.29) is 93.6 Å². The third-order valence-corrected chi connectivity index (χ3v) is 8.66. The number of nitrogens with zero attached hydrogens (tertiary/aromatic N) is 2. The van der Waals surface area contributed by atoms with Gasteiger partial charge in [0.15, 0.2) is 0 Å². The molecule has 0 saturated carbocycles. The van der Waals surface area contributed by atoms with Crippen LogP contribution < -0.4 is 31.7 Å². The van der Waals surface area contributed by atoms with Gasteiger partial charge in [-0.1, -0.05) is 91.3 Å². The second kappa shape index (κ2) is 15.5. The van der Waals surface area contributed by atoms with Crippen LogP contribution in [0.15, 0.2) is 128 Å². The molecule has 0 spiro atoms. The Bertz CT molecular complexity index is 2460. The summed E-state index contributed by atoms with van der Waals surface area (Å²) in [7, 11) is 1.37. The minimum Gasteiger partial charge on any atom is -0.497 e. The third-order valence-electron chi connectivity index (χ3n) is 8.66. The second-order valence-corrected chi connectivity index (χ2v) is 12.0. The molecular weight excluding hydrogens is 782 g/mol. The standard InChI is InChI=1S/C40H31N2O6.2Y/c1-24-14-28(17-31(15-24)47-22-26-10-6-4-7-11-26)25(2)29-16-30(19-32(18-29)48-23-27-12-8-5-9-13-27)42-39(45)35-20-33-34(21-36(35)40(42)46)38(44)41(3)37(33)43;;/h4-21H,22-23H2,1-3H3;;/q-1;;. The number of benzene rings is 5. The first kappa shape index (κ1) is 37.3. The molecule has 7 rings (SSSR count). The Labute approximate surface area is 338 Å². The minimum absolute atomic E-state index is 0. The Morgan fingerprint density at radius 2 is 1.00 bits per heavy atom. The minimum atomic E-state index is -0.580. The maximum atomic E-state index is 13.8. The molecule has 0 N–H and O–H groups in total. The van der Waals surface area contributed by atoms with Gasteiger partial charge in [-0.25, -0.2) is 4.57 Å². The normalized spacial score (nSPS) is 10.9. The summed E-state index contributed by atoms with van der Waals surface area (Å²) >= 11 is 0. The smallest absolute Gasteiger partial charge is 0.265 e. The van der Waals surface area contributed by atoms with Crippen molar-refractivity contribution in [1.29, 1.82) is 0 Å². The zero-order chi connectivity index (χ0) is 33.5. The molecule has 50 heavy (non-hydrogen) atoms. The predicted octanol–water partition coefficient (Wildman–Crippen LogP) is 5.89. The van der Waals surface area contributed by atoms with Crippen LogP contribution in [0.1, 0.15) is 34.7 Å². The molecule has 0 aliphatic rings. The van der Waals surface area contributed by atoms with Crippen molar-refractivity contribution >= 4 is 21.5 Å². The van der Waals surface area contributed by atoms with Crippen molar-refractivity contribution in [1.82, 2.24) is 9.13 Å². The molecule has 0 amide bonds. The van der Waals surface area contributed by atoms with Crippen molar-refractivity contribution in [3.05, 3.63) is 184 Å². The van der Waals surface area contributed by atoms with Gasteiger partial charge in [-0.15, -0.1) is 23.1 Å². The molecule has 2 radical (unpaired) electrons. The van der Waals surface area contributed by atoms with Gasteiger partial charge >= 0.3 is 0 Å². The van der Waals surface area contributed by atoms with E-state index >= 15 is 0 Å². The molecule has 5 aromatic carbocycles. The van der Waals surface area contributed by atoms with Crippen LogP contribution in [0.4, 0.5) is 0 Å². The number of hydrogen-bond donors (Lipinski definition) is 0. The number of aromatic nitrogens is 2. The van der Waals surface area contributed by atoms with Crippen LogP contribution in [-0.4, -0.2) is 9.13 Å². The van der Waals surface area contributed by atoms with Crippen molar-refractivity contribution in [2.24, 2.45) is 7.05 Å². The molecular formula is C40H31N2O6Y2-. The summed E-state index contributed by atoms with van der Waals surface area (Å²) in [6.45, 7) is 4.67. The first-order chi connectivity index (χ1) is 23.2. The van der Waals surface area contributed by atoms with Gasteiger partial charge in [0, 0.05) is 78.2 Å². The average molecular weight is 814 g/mol. The fourth-order valence-corrected chi connectivity index (χ4v) is 6.04. The Morgan fingerprint density at radius 3 is 1.50 bits per heavy atom. The fraction of sp³-hybridized carbons (Fsp3) is 0.125. The van der Waals surface area contributed by atoms with Crippen molar-refractivity contribution in [3.8, 4) is 17.2 Å². The topological polar surface area (TPSA) is 96.6 Å². The summed E-state index contributed by atoms with van der Waals surface area (Å²) in [5.74, 6) is 2.06. The first-order valence-electron chi connectivity index (χ1n) is 15.5. The van der Waals surface area contributed by atoms with E-state index in [0.717, 1.165) is 42.9 Å². The van der Waals surface area contributed by atoms with E-state index in [1.54, 1.807) is 12.1 Å². The molecule has 0 aliphatic carbocycles. The van der Waals surface area contributed by atoms with Gasteiger partial charge in [0.1, 0.15) is 13.2 Å². The van der Waals surface area contributed by atoms with Gasteiger partial charge in [-0.3, -0.25) is 23.7 Å². The maximum absolute atomic E-state index is 13.8. The molecule has 244 valence electrons. The van der Waals surface area contributed by atoms with Crippen LogP contribution in [-0.2, 0) is 85.7 Å². The molecule has 0 aliphatic heterocycles. The van der Waals surface area contributed by atoms with Gasteiger partial charge in [0.05, 0.1) is 33.0 Å². The molecule has 2 heterocycles. The van der Waals surface area contributed by atoms with Crippen LogP contribution in [0.5, 0.6) is 11.5 Å². The van der Waals surface area contributed by atoms with Gasteiger partial charge in [-0.2, -0.15) is 0 Å². The molecule has 0 saturated heterocycles. The van der Waals surface area contributed by atoms with Crippen molar-refractivity contribution in [2.75, 3.05) is 0 Å². The number of fused-ring (bicyclic) bond motifs is 2. The Balaban J connectivity index is 0.00000243. The number of hydrogen-bond acceptors (Lipinski definition) is 6. The summed E-state index contributed by atoms with van der Waals surface area (Å²) in [6, 6.07) is 33.7. The van der Waals surface area contributed by atoms with Crippen LogP contribution >= 0.6 is 0 Å². The SMILES string of the molecule is Cc1cc(OCc2ccccc2)cc([C-](C)c2cc(OCc3ccccc3)cc(-n3c(=O)c4cc5c(=O)n(C)c(=O)c5cc4c3=O)c2)c1.[Y].[Y]. The summed E-state index contributed by atoms with van der Waals surface area (Å²) in [6.07, 6.45) is 0. The van der Waals surface area contributed by atoms with E-state index in [0.29, 0.717) is 23.8 Å². The van der Waals surface area contributed by atoms with Gasteiger partial charge < -0.3 is 9.47 Å². The molecule has 0 fully saturated rings. The molecule has 0 bridgehead atoms. The number of ether oxygens (including phenoxy) is 2. The summed E-state index contributed by atoms with van der Waals surface area (Å²) in [5, 5.41) is 0.372. The second-order valence-electron chi connectivity index (χ2n) is 12.0. The molecule has 7 aromatic rings. The molecule has 2 aromatic heterocycles. The van der Waals surface area contributed by atoms with Gasteiger partial charge in [-0.05, 0) is 42.3 Å². The zero-order valence-corrected chi connectivity index (χ0v) is 33.5. The van der Waals surface area contributed by atoms with E-state index in [1.165, 1.54) is 19.2 Å².